The van der Waals surface area contributed by atoms with E-state index in [1.807, 2.05) is 41.8 Å². The lowest BCUT2D eigenvalue weighted by Gasteiger charge is -2.17. The van der Waals surface area contributed by atoms with Crippen molar-refractivity contribution >= 4 is 23.2 Å². The number of carboxylic acids is 1. The summed E-state index contributed by atoms with van der Waals surface area (Å²) in [5, 5.41) is 13.6. The lowest BCUT2D eigenvalue weighted by atomic mass is 10.0. The van der Waals surface area contributed by atoms with Gasteiger partial charge in [0.05, 0.1) is 10.8 Å². The lowest BCUT2D eigenvalue weighted by Crippen LogP contribution is -2.39. The minimum absolute atomic E-state index is 0.232. The third-order valence-corrected chi connectivity index (χ3v) is 4.37. The van der Waals surface area contributed by atoms with Crippen LogP contribution in [0.1, 0.15) is 23.5 Å². The summed E-state index contributed by atoms with van der Waals surface area (Å²) >= 11 is 1.36. The number of thiophene rings is 1. The predicted molar refractivity (Wildman–Crippen MR) is 83.5 cm³/mol. The summed E-state index contributed by atoms with van der Waals surface area (Å²) in [6.07, 6.45) is 0. The minimum Gasteiger partial charge on any atom is -0.481 e. The molecule has 5 heteroatoms. The van der Waals surface area contributed by atoms with Crippen LogP contribution in [0.25, 0.3) is 11.1 Å². The van der Waals surface area contributed by atoms with E-state index in [1.165, 1.54) is 11.3 Å². The normalized spacial score (nSPS) is 13.4. The summed E-state index contributed by atoms with van der Waals surface area (Å²) in [5.74, 6) is -1.78. The Balaban J connectivity index is 2.18. The Morgan fingerprint density at radius 2 is 1.81 bits per heavy atom. The van der Waals surface area contributed by atoms with Gasteiger partial charge in [-0.3, -0.25) is 9.59 Å². The molecule has 4 nitrogen and oxygen atoms in total. The quantitative estimate of drug-likeness (QED) is 0.891. The SMILES string of the molecule is CC(NC(=O)c1sccc1-c1ccccc1)C(C)C(=O)O. The van der Waals surface area contributed by atoms with Crippen LogP contribution >= 0.6 is 11.3 Å². The molecule has 1 heterocycles. The van der Waals surface area contributed by atoms with E-state index < -0.39 is 17.9 Å². The summed E-state index contributed by atoms with van der Waals surface area (Å²) in [6, 6.07) is 11.1. The fourth-order valence-electron chi connectivity index (χ4n) is 1.94. The van der Waals surface area contributed by atoms with E-state index >= 15 is 0 Å². The van der Waals surface area contributed by atoms with Crippen LogP contribution in [0.15, 0.2) is 41.8 Å². The summed E-state index contributed by atoms with van der Waals surface area (Å²) in [7, 11) is 0. The standard InChI is InChI=1S/C16H17NO3S/c1-10(16(19)20)11(2)17-15(18)14-13(8-9-21-14)12-6-4-3-5-7-12/h3-11H,1-2H3,(H,17,18)(H,19,20). The number of nitrogens with one attached hydrogen (secondary N) is 1. The molecule has 0 aliphatic heterocycles. The first-order valence-corrected chi connectivity index (χ1v) is 7.55. The first-order valence-electron chi connectivity index (χ1n) is 6.67. The summed E-state index contributed by atoms with van der Waals surface area (Å²) in [6.45, 7) is 3.28. The molecule has 0 bridgehead atoms. The highest BCUT2D eigenvalue weighted by molar-refractivity contribution is 7.12. The molecular weight excluding hydrogens is 286 g/mol. The van der Waals surface area contributed by atoms with E-state index in [4.69, 9.17) is 5.11 Å². The number of carboxylic acid groups (broad SMARTS) is 1. The molecule has 0 spiro atoms. The molecule has 0 radical (unpaired) electrons. The minimum atomic E-state index is -0.919. The average Bonchev–Trinajstić information content (AvgIpc) is 2.96. The number of rotatable bonds is 5. The summed E-state index contributed by atoms with van der Waals surface area (Å²) in [4.78, 5) is 23.9. The highest BCUT2D eigenvalue weighted by Gasteiger charge is 2.23. The molecular formula is C16H17NO3S. The second-order valence-electron chi connectivity index (χ2n) is 4.92. The van der Waals surface area contributed by atoms with Crippen LogP contribution in [0.2, 0.25) is 0 Å². The maximum Gasteiger partial charge on any atom is 0.308 e. The van der Waals surface area contributed by atoms with Crippen molar-refractivity contribution < 1.29 is 14.7 Å². The smallest absolute Gasteiger partial charge is 0.308 e. The zero-order valence-corrected chi connectivity index (χ0v) is 12.7. The van der Waals surface area contributed by atoms with Crippen LogP contribution in [0.3, 0.4) is 0 Å². The van der Waals surface area contributed by atoms with Gasteiger partial charge in [-0.1, -0.05) is 30.3 Å². The third kappa shape index (κ3) is 3.49. The highest BCUT2D eigenvalue weighted by Crippen LogP contribution is 2.28. The van der Waals surface area contributed by atoms with Gasteiger partial charge in [-0.15, -0.1) is 11.3 Å². The first-order chi connectivity index (χ1) is 10.0. The molecule has 2 N–H and O–H groups in total. The molecule has 2 unspecified atom stereocenters. The maximum atomic E-state index is 12.3. The molecule has 1 aromatic heterocycles. The largest absolute Gasteiger partial charge is 0.481 e. The van der Waals surface area contributed by atoms with Crippen LogP contribution in [0, 0.1) is 5.92 Å². The van der Waals surface area contributed by atoms with Gasteiger partial charge in [0, 0.05) is 11.6 Å². The third-order valence-electron chi connectivity index (χ3n) is 3.45. The van der Waals surface area contributed by atoms with Crippen LogP contribution in [-0.2, 0) is 4.79 Å². The molecule has 2 rings (SSSR count). The number of carbonyl (C=O) groups excluding carboxylic acids is 1. The fraction of sp³-hybridized carbons (Fsp3) is 0.250. The van der Waals surface area contributed by atoms with Gasteiger partial charge < -0.3 is 10.4 Å². The molecule has 0 aliphatic carbocycles. The van der Waals surface area contributed by atoms with Crippen LogP contribution in [-0.4, -0.2) is 23.0 Å². The Bertz CT molecular complexity index is 636. The van der Waals surface area contributed by atoms with Gasteiger partial charge in [0.2, 0.25) is 0 Å². The topological polar surface area (TPSA) is 66.4 Å². The molecule has 0 aliphatic rings. The van der Waals surface area contributed by atoms with E-state index in [9.17, 15) is 9.59 Å². The van der Waals surface area contributed by atoms with Crippen molar-refractivity contribution in [2.45, 2.75) is 19.9 Å². The van der Waals surface area contributed by atoms with Crippen LogP contribution < -0.4 is 5.32 Å². The Morgan fingerprint density at radius 1 is 1.14 bits per heavy atom. The van der Waals surface area contributed by atoms with Gasteiger partial charge in [-0.05, 0) is 30.9 Å². The Kier molecular flexibility index (Phi) is 4.75. The maximum absolute atomic E-state index is 12.3. The zero-order chi connectivity index (χ0) is 15.4. The zero-order valence-electron chi connectivity index (χ0n) is 11.9. The lowest BCUT2D eigenvalue weighted by molar-refractivity contribution is -0.141. The Hall–Kier alpha value is -2.14. The van der Waals surface area contributed by atoms with Gasteiger partial charge >= 0.3 is 5.97 Å². The van der Waals surface area contributed by atoms with Gasteiger partial charge in [0.15, 0.2) is 0 Å². The van der Waals surface area contributed by atoms with Gasteiger partial charge in [-0.25, -0.2) is 0 Å². The molecule has 21 heavy (non-hydrogen) atoms. The molecule has 2 aromatic rings. The van der Waals surface area contributed by atoms with Crippen LogP contribution in [0.5, 0.6) is 0 Å². The van der Waals surface area contributed by atoms with E-state index in [0.717, 1.165) is 11.1 Å². The van der Waals surface area contributed by atoms with Crippen molar-refractivity contribution in [2.24, 2.45) is 5.92 Å². The first kappa shape index (κ1) is 15.3. The van der Waals surface area contributed by atoms with Crippen molar-refractivity contribution in [1.82, 2.24) is 5.32 Å². The van der Waals surface area contributed by atoms with Crippen molar-refractivity contribution in [3.05, 3.63) is 46.7 Å². The Labute approximate surface area is 127 Å². The number of hydrogen-bond donors (Lipinski definition) is 2. The molecule has 1 aromatic carbocycles. The molecule has 0 fully saturated rings. The van der Waals surface area contributed by atoms with E-state index in [1.54, 1.807) is 13.8 Å². The van der Waals surface area contributed by atoms with Crippen LogP contribution in [0.4, 0.5) is 0 Å². The number of carbonyl (C=O) groups is 2. The number of hydrogen-bond acceptors (Lipinski definition) is 3. The summed E-state index contributed by atoms with van der Waals surface area (Å²) in [5.41, 5.74) is 1.84. The number of amides is 1. The second kappa shape index (κ2) is 6.54. The summed E-state index contributed by atoms with van der Waals surface area (Å²) < 4.78 is 0. The number of benzene rings is 1. The fourth-order valence-corrected chi connectivity index (χ4v) is 2.76. The average molecular weight is 303 g/mol. The van der Waals surface area contributed by atoms with Crippen molar-refractivity contribution in [2.75, 3.05) is 0 Å². The predicted octanol–water partition coefficient (Wildman–Crippen LogP) is 3.25. The van der Waals surface area contributed by atoms with Gasteiger partial charge in [-0.2, -0.15) is 0 Å². The van der Waals surface area contributed by atoms with E-state index in [0.29, 0.717) is 4.88 Å². The van der Waals surface area contributed by atoms with Gasteiger partial charge in [0.1, 0.15) is 0 Å². The van der Waals surface area contributed by atoms with E-state index in [-0.39, 0.29) is 5.91 Å². The monoisotopic (exact) mass is 303 g/mol. The second-order valence-corrected chi connectivity index (χ2v) is 5.83. The van der Waals surface area contributed by atoms with Crippen molar-refractivity contribution in [3.63, 3.8) is 0 Å². The molecule has 2 atom stereocenters. The molecule has 1 amide bonds. The van der Waals surface area contributed by atoms with Gasteiger partial charge in [0.25, 0.3) is 5.91 Å². The molecule has 0 saturated heterocycles. The van der Waals surface area contributed by atoms with Crippen molar-refractivity contribution in [1.29, 1.82) is 0 Å². The van der Waals surface area contributed by atoms with E-state index in [2.05, 4.69) is 5.32 Å². The Morgan fingerprint density at radius 3 is 2.43 bits per heavy atom. The molecule has 0 saturated carbocycles. The molecule has 110 valence electrons. The highest BCUT2D eigenvalue weighted by atomic mass is 32.1. The number of aliphatic carboxylic acids is 1. The van der Waals surface area contributed by atoms with Crippen molar-refractivity contribution in [3.8, 4) is 11.1 Å².